The third-order valence-corrected chi connectivity index (χ3v) is 2.50. The number of aromatic nitrogens is 3. The fraction of sp³-hybridized carbons (Fsp3) is 0.100. The molecule has 0 spiro atoms. The second-order valence-electron chi connectivity index (χ2n) is 3.09. The number of rotatable bonds is 2. The number of pyridine rings is 1. The van der Waals surface area contributed by atoms with Crippen molar-refractivity contribution in [2.45, 2.75) is 6.10 Å². The number of hydrogen-bond donors (Lipinski definition) is 1. The highest BCUT2D eigenvalue weighted by Crippen LogP contribution is 2.27. The molecule has 1 atom stereocenters. The van der Waals surface area contributed by atoms with Crippen LogP contribution in [0.3, 0.4) is 0 Å². The summed E-state index contributed by atoms with van der Waals surface area (Å²) in [6, 6.07) is 1.53. The number of halogens is 2. The Kier molecular flexibility index (Phi) is 3.33. The van der Waals surface area contributed by atoms with Crippen molar-refractivity contribution in [2.24, 2.45) is 0 Å². The lowest BCUT2D eigenvalue weighted by molar-refractivity contribution is 0.214. The molecular weight excluding hydrogens is 249 g/mol. The van der Waals surface area contributed by atoms with Gasteiger partial charge in [-0.2, -0.15) is 0 Å². The molecule has 0 aliphatic rings. The minimum Gasteiger partial charge on any atom is -0.382 e. The zero-order chi connectivity index (χ0) is 11.5. The standard InChI is InChI=1S/C10H7Cl2N3O/c11-7-1-8(12)9(15-4-7)10(16)6-2-13-5-14-3-6/h1-5,10,16H. The number of aliphatic hydroxyl groups excluding tert-OH is 1. The van der Waals surface area contributed by atoms with Crippen LogP contribution in [0.1, 0.15) is 17.4 Å². The van der Waals surface area contributed by atoms with Crippen LogP contribution in [0.25, 0.3) is 0 Å². The number of hydrogen-bond acceptors (Lipinski definition) is 4. The van der Waals surface area contributed by atoms with Gasteiger partial charge in [-0.3, -0.25) is 4.98 Å². The maximum Gasteiger partial charge on any atom is 0.125 e. The lowest BCUT2D eigenvalue weighted by Crippen LogP contribution is -2.04. The summed E-state index contributed by atoms with van der Waals surface area (Å²) in [5.74, 6) is 0. The predicted octanol–water partition coefficient (Wildman–Crippen LogP) is 2.26. The largest absolute Gasteiger partial charge is 0.382 e. The van der Waals surface area contributed by atoms with Gasteiger partial charge in [0.15, 0.2) is 0 Å². The molecule has 16 heavy (non-hydrogen) atoms. The van der Waals surface area contributed by atoms with Crippen molar-refractivity contribution in [3.63, 3.8) is 0 Å². The third kappa shape index (κ3) is 2.29. The smallest absolute Gasteiger partial charge is 0.125 e. The van der Waals surface area contributed by atoms with Crippen LogP contribution in [0.15, 0.2) is 31.0 Å². The Labute approximate surface area is 102 Å². The summed E-state index contributed by atoms with van der Waals surface area (Å²) in [5, 5.41) is 10.7. The van der Waals surface area contributed by atoms with Gasteiger partial charge < -0.3 is 5.11 Å². The third-order valence-electron chi connectivity index (χ3n) is 1.99. The van der Waals surface area contributed by atoms with E-state index in [0.29, 0.717) is 21.3 Å². The molecule has 2 aromatic rings. The Morgan fingerprint density at radius 3 is 2.44 bits per heavy atom. The van der Waals surface area contributed by atoms with E-state index in [1.165, 1.54) is 31.0 Å². The van der Waals surface area contributed by atoms with Gasteiger partial charge >= 0.3 is 0 Å². The fourth-order valence-electron chi connectivity index (χ4n) is 1.24. The molecule has 0 radical (unpaired) electrons. The van der Waals surface area contributed by atoms with Crippen molar-refractivity contribution in [1.82, 2.24) is 15.0 Å². The monoisotopic (exact) mass is 255 g/mol. The van der Waals surface area contributed by atoms with Crippen LogP contribution < -0.4 is 0 Å². The molecule has 0 aliphatic heterocycles. The fourth-order valence-corrected chi connectivity index (χ4v) is 1.72. The Balaban J connectivity index is 2.38. The zero-order valence-electron chi connectivity index (χ0n) is 8.01. The van der Waals surface area contributed by atoms with E-state index >= 15 is 0 Å². The van der Waals surface area contributed by atoms with E-state index in [0.717, 1.165) is 0 Å². The van der Waals surface area contributed by atoms with Gasteiger partial charge in [-0.1, -0.05) is 23.2 Å². The van der Waals surface area contributed by atoms with Crippen LogP contribution >= 0.6 is 23.2 Å². The highest BCUT2D eigenvalue weighted by atomic mass is 35.5. The minimum absolute atomic E-state index is 0.309. The Morgan fingerprint density at radius 1 is 1.12 bits per heavy atom. The lowest BCUT2D eigenvalue weighted by Gasteiger charge is -2.10. The molecule has 1 unspecified atom stereocenters. The Morgan fingerprint density at radius 2 is 1.81 bits per heavy atom. The van der Waals surface area contributed by atoms with Crippen LogP contribution in [0.4, 0.5) is 0 Å². The van der Waals surface area contributed by atoms with E-state index in [1.807, 2.05) is 0 Å². The van der Waals surface area contributed by atoms with Gasteiger partial charge in [0.2, 0.25) is 0 Å². The van der Waals surface area contributed by atoms with Crippen LogP contribution in [-0.2, 0) is 0 Å². The first-order valence-electron chi connectivity index (χ1n) is 4.42. The summed E-state index contributed by atoms with van der Waals surface area (Å²) in [6.07, 6.45) is 4.86. The van der Waals surface area contributed by atoms with Gasteiger partial charge in [-0.15, -0.1) is 0 Å². The van der Waals surface area contributed by atoms with E-state index < -0.39 is 6.10 Å². The first-order valence-corrected chi connectivity index (χ1v) is 5.18. The van der Waals surface area contributed by atoms with Crippen LogP contribution in [0.2, 0.25) is 10.0 Å². The molecule has 1 N–H and O–H groups in total. The predicted molar refractivity (Wildman–Crippen MR) is 60.4 cm³/mol. The molecular formula is C10H7Cl2N3O. The average molecular weight is 256 g/mol. The van der Waals surface area contributed by atoms with Gasteiger partial charge in [0, 0.05) is 24.2 Å². The van der Waals surface area contributed by atoms with Crippen molar-refractivity contribution >= 4 is 23.2 Å². The van der Waals surface area contributed by atoms with Crippen LogP contribution in [-0.4, -0.2) is 20.1 Å². The summed E-state index contributed by atoms with van der Waals surface area (Å²) in [6.45, 7) is 0. The van der Waals surface area contributed by atoms with E-state index in [2.05, 4.69) is 15.0 Å². The highest BCUT2D eigenvalue weighted by molar-refractivity contribution is 6.34. The summed E-state index contributed by atoms with van der Waals surface area (Å²) in [5.41, 5.74) is 0.861. The molecule has 0 fully saturated rings. The topological polar surface area (TPSA) is 58.9 Å². The number of nitrogens with zero attached hydrogens (tertiary/aromatic N) is 3. The van der Waals surface area contributed by atoms with Crippen LogP contribution in [0, 0.1) is 0 Å². The molecule has 0 saturated heterocycles. The second-order valence-corrected chi connectivity index (χ2v) is 3.94. The molecule has 2 aromatic heterocycles. The Bertz CT molecular complexity index is 493. The molecule has 0 amide bonds. The summed E-state index contributed by atoms with van der Waals surface area (Å²) in [7, 11) is 0. The van der Waals surface area contributed by atoms with Gasteiger partial charge in [-0.25, -0.2) is 9.97 Å². The first-order chi connectivity index (χ1) is 7.68. The quantitative estimate of drug-likeness (QED) is 0.895. The van der Waals surface area contributed by atoms with Crippen molar-refractivity contribution in [3.05, 3.63) is 52.3 Å². The highest BCUT2D eigenvalue weighted by Gasteiger charge is 2.16. The van der Waals surface area contributed by atoms with Gasteiger partial charge in [0.05, 0.1) is 15.7 Å². The van der Waals surface area contributed by atoms with E-state index in [-0.39, 0.29) is 0 Å². The normalized spacial score (nSPS) is 12.4. The molecule has 82 valence electrons. The van der Waals surface area contributed by atoms with Gasteiger partial charge in [0.25, 0.3) is 0 Å². The SMILES string of the molecule is OC(c1cncnc1)c1ncc(Cl)cc1Cl. The Hall–Kier alpha value is -1.23. The molecule has 2 heterocycles. The summed E-state index contributed by atoms with van der Waals surface area (Å²) < 4.78 is 0. The molecule has 6 heteroatoms. The van der Waals surface area contributed by atoms with Crippen molar-refractivity contribution in [3.8, 4) is 0 Å². The molecule has 4 nitrogen and oxygen atoms in total. The maximum atomic E-state index is 9.99. The molecule has 2 rings (SSSR count). The maximum absolute atomic E-state index is 9.99. The van der Waals surface area contributed by atoms with Crippen molar-refractivity contribution in [2.75, 3.05) is 0 Å². The van der Waals surface area contributed by atoms with Crippen LogP contribution in [0.5, 0.6) is 0 Å². The summed E-state index contributed by atoms with van der Waals surface area (Å²) >= 11 is 11.6. The van der Waals surface area contributed by atoms with Crippen molar-refractivity contribution < 1.29 is 5.11 Å². The van der Waals surface area contributed by atoms with E-state index in [1.54, 1.807) is 0 Å². The summed E-state index contributed by atoms with van der Waals surface area (Å²) in [4.78, 5) is 11.6. The van der Waals surface area contributed by atoms with Gasteiger partial charge in [0.1, 0.15) is 12.4 Å². The first kappa shape index (κ1) is 11.3. The number of aliphatic hydroxyl groups is 1. The van der Waals surface area contributed by atoms with E-state index in [4.69, 9.17) is 23.2 Å². The molecule has 0 saturated carbocycles. The van der Waals surface area contributed by atoms with E-state index in [9.17, 15) is 5.11 Å². The molecule has 0 bridgehead atoms. The molecule has 0 aromatic carbocycles. The molecule has 0 aliphatic carbocycles. The lowest BCUT2D eigenvalue weighted by atomic mass is 10.1. The average Bonchev–Trinajstić information content (AvgIpc) is 2.29. The van der Waals surface area contributed by atoms with Gasteiger partial charge in [-0.05, 0) is 6.07 Å². The van der Waals surface area contributed by atoms with Crippen molar-refractivity contribution in [1.29, 1.82) is 0 Å². The minimum atomic E-state index is -0.953. The second kappa shape index (κ2) is 4.74. The zero-order valence-corrected chi connectivity index (χ0v) is 9.52.